The van der Waals surface area contributed by atoms with Gasteiger partial charge in [-0.05, 0) is 69.1 Å². The van der Waals surface area contributed by atoms with Crippen molar-refractivity contribution in [2.75, 3.05) is 13.2 Å². The van der Waals surface area contributed by atoms with Crippen molar-refractivity contribution in [2.45, 2.75) is 78.4 Å². The van der Waals surface area contributed by atoms with Crippen LogP contribution in [0.1, 0.15) is 72.6 Å². The molecule has 26 heavy (non-hydrogen) atoms. The van der Waals surface area contributed by atoms with Crippen molar-refractivity contribution in [1.82, 2.24) is 0 Å². The largest absolute Gasteiger partial charge is 0.347 e. The van der Waals surface area contributed by atoms with Crippen LogP contribution in [-0.4, -0.2) is 24.8 Å². The average molecular weight is 359 g/mol. The van der Waals surface area contributed by atoms with Gasteiger partial charge in [0.1, 0.15) is 5.78 Å². The van der Waals surface area contributed by atoms with E-state index in [-0.39, 0.29) is 22.0 Å². The van der Waals surface area contributed by atoms with E-state index in [2.05, 4.69) is 33.8 Å². The van der Waals surface area contributed by atoms with Crippen molar-refractivity contribution in [3.8, 4) is 0 Å². The van der Waals surface area contributed by atoms with Gasteiger partial charge in [0.25, 0.3) is 0 Å². The Morgan fingerprint density at radius 2 is 1.65 bits per heavy atom. The summed E-state index contributed by atoms with van der Waals surface area (Å²) in [6, 6.07) is 0. The molecule has 0 aromatic rings. The smallest absolute Gasteiger partial charge is 0.174 e. The Morgan fingerprint density at radius 3 is 2.38 bits per heavy atom. The van der Waals surface area contributed by atoms with E-state index in [1.54, 1.807) is 0 Å². The molecule has 1 heterocycles. The number of rotatable bonds is 0. The number of allylic oxidation sites excluding steroid dienone is 2. The summed E-state index contributed by atoms with van der Waals surface area (Å²) in [6.07, 6.45) is 10.2. The topological polar surface area (TPSA) is 35.5 Å². The summed E-state index contributed by atoms with van der Waals surface area (Å²) in [6.45, 7) is 10.8. The van der Waals surface area contributed by atoms with Crippen molar-refractivity contribution in [1.29, 1.82) is 0 Å². The molecule has 1 spiro atoms. The maximum atomic E-state index is 12.6. The molecule has 3 nitrogen and oxygen atoms in total. The molecular weight excluding hydrogens is 324 g/mol. The Labute approximate surface area is 157 Å². The van der Waals surface area contributed by atoms with E-state index in [0.29, 0.717) is 17.6 Å². The lowest BCUT2D eigenvalue weighted by Crippen LogP contribution is -2.56. The van der Waals surface area contributed by atoms with Crippen molar-refractivity contribution in [3.05, 3.63) is 11.6 Å². The Balaban J connectivity index is 1.53. The predicted molar refractivity (Wildman–Crippen MR) is 101 cm³/mol. The summed E-state index contributed by atoms with van der Waals surface area (Å²) in [5, 5.41) is 0. The Kier molecular flexibility index (Phi) is 3.50. The van der Waals surface area contributed by atoms with E-state index < -0.39 is 0 Å². The number of carbonyl (C=O) groups excluding carboxylic acids is 1. The molecule has 0 amide bonds. The van der Waals surface area contributed by atoms with Crippen LogP contribution in [0.3, 0.4) is 0 Å². The van der Waals surface area contributed by atoms with Gasteiger partial charge in [-0.1, -0.05) is 25.5 Å². The Hall–Kier alpha value is -0.670. The molecule has 1 aliphatic heterocycles. The highest BCUT2D eigenvalue weighted by Crippen LogP contribution is 2.69. The highest BCUT2D eigenvalue weighted by molar-refractivity contribution is 5.89. The minimum absolute atomic E-state index is 0.159. The predicted octanol–water partition coefficient (Wildman–Crippen LogP) is 4.90. The van der Waals surface area contributed by atoms with E-state index >= 15 is 0 Å². The van der Waals surface area contributed by atoms with Crippen molar-refractivity contribution in [2.24, 2.45) is 34.0 Å². The zero-order valence-electron chi connectivity index (χ0n) is 16.9. The van der Waals surface area contributed by atoms with E-state index in [1.807, 2.05) is 0 Å². The molecule has 4 fully saturated rings. The SMILES string of the molecule is CC1(C)C(=O)CC[C@@]2(C)C1=CC[C@H]1[C@H]2CC[C@]2(C)[C@@H]1CCC21OCCO1. The minimum Gasteiger partial charge on any atom is -0.347 e. The van der Waals surface area contributed by atoms with Gasteiger partial charge in [0, 0.05) is 23.7 Å². The molecule has 0 bridgehead atoms. The van der Waals surface area contributed by atoms with Gasteiger partial charge >= 0.3 is 0 Å². The van der Waals surface area contributed by atoms with E-state index in [0.717, 1.165) is 44.8 Å². The lowest BCUT2D eigenvalue weighted by molar-refractivity contribution is -0.242. The van der Waals surface area contributed by atoms with Crippen LogP contribution in [0.25, 0.3) is 0 Å². The summed E-state index contributed by atoms with van der Waals surface area (Å²) in [7, 11) is 0. The molecule has 0 aromatic carbocycles. The molecule has 144 valence electrons. The maximum Gasteiger partial charge on any atom is 0.174 e. The number of fused-ring (bicyclic) bond motifs is 6. The van der Waals surface area contributed by atoms with Crippen LogP contribution in [0.5, 0.6) is 0 Å². The molecule has 3 saturated carbocycles. The summed E-state index contributed by atoms with van der Waals surface area (Å²) >= 11 is 0. The molecule has 5 aliphatic rings. The number of carbonyl (C=O) groups is 1. The molecule has 0 unspecified atom stereocenters. The van der Waals surface area contributed by atoms with Crippen LogP contribution in [0.4, 0.5) is 0 Å². The number of Topliss-reactive ketones (excluding diaryl/α,β-unsaturated/α-hetero) is 1. The normalized spacial score (nSPS) is 48.7. The standard InChI is InChI=1S/C23H34O3/c1-20(2)18-6-5-15-16(21(18,3)10-9-19(20)24)7-11-22(4)17(15)8-12-23(22)25-13-14-26-23/h6,15-17H,5,7-14H2,1-4H3/t15-,16+,17+,21+,22+/m0/s1. The van der Waals surface area contributed by atoms with Crippen LogP contribution in [0.15, 0.2) is 11.6 Å². The third kappa shape index (κ3) is 1.90. The number of hydrogen-bond donors (Lipinski definition) is 0. The van der Waals surface area contributed by atoms with Crippen LogP contribution in [-0.2, 0) is 14.3 Å². The summed E-state index contributed by atoms with van der Waals surface area (Å²) in [5.41, 5.74) is 1.54. The molecule has 4 aliphatic carbocycles. The molecule has 5 atom stereocenters. The summed E-state index contributed by atoms with van der Waals surface area (Å²) in [4.78, 5) is 12.6. The monoisotopic (exact) mass is 358 g/mol. The fourth-order valence-electron chi connectivity index (χ4n) is 8.10. The van der Waals surface area contributed by atoms with Gasteiger partial charge in [-0.15, -0.1) is 0 Å². The first kappa shape index (κ1) is 17.4. The highest BCUT2D eigenvalue weighted by atomic mass is 16.7. The van der Waals surface area contributed by atoms with Crippen LogP contribution in [0.2, 0.25) is 0 Å². The first-order chi connectivity index (χ1) is 12.2. The van der Waals surface area contributed by atoms with Crippen molar-refractivity contribution < 1.29 is 14.3 Å². The number of ether oxygens (including phenoxy) is 2. The lowest BCUT2D eigenvalue weighted by atomic mass is 9.45. The fraction of sp³-hybridized carbons (Fsp3) is 0.870. The van der Waals surface area contributed by atoms with E-state index in [4.69, 9.17) is 9.47 Å². The van der Waals surface area contributed by atoms with Gasteiger partial charge in [-0.25, -0.2) is 0 Å². The molecule has 5 rings (SSSR count). The Morgan fingerprint density at radius 1 is 0.962 bits per heavy atom. The second-order valence-electron chi connectivity index (χ2n) is 10.6. The molecule has 0 aromatic heterocycles. The first-order valence-electron chi connectivity index (χ1n) is 10.8. The van der Waals surface area contributed by atoms with Crippen LogP contribution < -0.4 is 0 Å². The molecule has 0 radical (unpaired) electrons. The van der Waals surface area contributed by atoms with Crippen LogP contribution >= 0.6 is 0 Å². The highest BCUT2D eigenvalue weighted by Gasteiger charge is 2.67. The second kappa shape index (κ2) is 5.23. The van der Waals surface area contributed by atoms with Crippen molar-refractivity contribution in [3.63, 3.8) is 0 Å². The van der Waals surface area contributed by atoms with Crippen molar-refractivity contribution >= 4 is 5.78 Å². The zero-order chi connectivity index (χ0) is 18.4. The first-order valence-corrected chi connectivity index (χ1v) is 10.8. The Bertz CT molecular complexity index is 671. The zero-order valence-corrected chi connectivity index (χ0v) is 16.9. The van der Waals surface area contributed by atoms with Gasteiger partial charge in [0.2, 0.25) is 0 Å². The average Bonchev–Trinajstić information content (AvgIpc) is 3.18. The third-order valence-electron chi connectivity index (χ3n) is 9.50. The minimum atomic E-state index is -0.310. The maximum absolute atomic E-state index is 12.6. The number of hydrogen-bond acceptors (Lipinski definition) is 3. The summed E-state index contributed by atoms with van der Waals surface area (Å²) < 4.78 is 12.5. The summed E-state index contributed by atoms with van der Waals surface area (Å²) in [5.74, 6) is 2.25. The second-order valence-corrected chi connectivity index (χ2v) is 10.6. The van der Waals surface area contributed by atoms with Gasteiger partial charge in [0.05, 0.1) is 13.2 Å². The van der Waals surface area contributed by atoms with Gasteiger partial charge in [-0.3, -0.25) is 4.79 Å². The van der Waals surface area contributed by atoms with Crippen LogP contribution in [0, 0.1) is 34.0 Å². The third-order valence-corrected chi connectivity index (χ3v) is 9.50. The number of ketones is 1. The van der Waals surface area contributed by atoms with Gasteiger partial charge in [0.15, 0.2) is 5.79 Å². The molecule has 3 heteroatoms. The molecule has 0 N–H and O–H groups in total. The van der Waals surface area contributed by atoms with Gasteiger partial charge < -0.3 is 9.47 Å². The molecular formula is C23H34O3. The van der Waals surface area contributed by atoms with Gasteiger partial charge in [-0.2, -0.15) is 0 Å². The molecule has 1 saturated heterocycles. The van der Waals surface area contributed by atoms with E-state index in [9.17, 15) is 4.79 Å². The fourth-order valence-corrected chi connectivity index (χ4v) is 8.10. The van der Waals surface area contributed by atoms with E-state index in [1.165, 1.54) is 24.8 Å². The quantitative estimate of drug-likeness (QED) is 0.578. The lowest BCUT2D eigenvalue weighted by Gasteiger charge is -2.60.